The molecule has 0 atom stereocenters. The van der Waals surface area contributed by atoms with Crippen LogP contribution >= 0.6 is 34.8 Å². The SMILES string of the molecule is O=C(NC1(c2ccccc2)CC1)c1nn(-c2ccc(Cl)cc2Cl)c(-c2ccc(Cl)cc2)c1Cn1cncn1. The van der Waals surface area contributed by atoms with Crippen LogP contribution in [0.4, 0.5) is 0 Å². The Hall–Kier alpha value is -3.65. The predicted octanol–water partition coefficient (Wildman–Crippen LogP) is 6.56. The first-order chi connectivity index (χ1) is 18.4. The third kappa shape index (κ3) is 4.69. The van der Waals surface area contributed by atoms with Crippen molar-refractivity contribution in [3.8, 4) is 16.9 Å². The first-order valence-electron chi connectivity index (χ1n) is 12.0. The summed E-state index contributed by atoms with van der Waals surface area (Å²) in [4.78, 5) is 18.0. The predicted molar refractivity (Wildman–Crippen MR) is 148 cm³/mol. The van der Waals surface area contributed by atoms with E-state index in [0.717, 1.165) is 24.0 Å². The number of aromatic nitrogens is 5. The lowest BCUT2D eigenvalue weighted by Gasteiger charge is -2.17. The molecule has 38 heavy (non-hydrogen) atoms. The van der Waals surface area contributed by atoms with Gasteiger partial charge in [0.05, 0.1) is 28.5 Å². The summed E-state index contributed by atoms with van der Waals surface area (Å²) in [5, 5.41) is 13.9. The first kappa shape index (κ1) is 24.7. The number of nitrogens with one attached hydrogen (secondary N) is 1. The molecule has 10 heteroatoms. The number of carbonyl (C=O) groups is 1. The van der Waals surface area contributed by atoms with Crippen molar-refractivity contribution in [1.82, 2.24) is 29.9 Å². The van der Waals surface area contributed by atoms with Crippen molar-refractivity contribution in [1.29, 1.82) is 0 Å². The van der Waals surface area contributed by atoms with Crippen LogP contribution in [0.1, 0.15) is 34.5 Å². The van der Waals surface area contributed by atoms with Crippen LogP contribution in [-0.2, 0) is 12.1 Å². The highest BCUT2D eigenvalue weighted by Crippen LogP contribution is 2.46. The number of hydrogen-bond donors (Lipinski definition) is 1. The third-order valence-corrected chi connectivity index (χ3v) is 7.46. The van der Waals surface area contributed by atoms with Crippen molar-refractivity contribution in [3.63, 3.8) is 0 Å². The molecule has 5 aromatic rings. The Morgan fingerprint density at radius 2 is 1.68 bits per heavy atom. The highest BCUT2D eigenvalue weighted by Gasteiger charge is 2.46. The molecule has 1 N–H and O–H groups in total. The number of amides is 1. The van der Waals surface area contributed by atoms with Gasteiger partial charge in [0.15, 0.2) is 5.69 Å². The van der Waals surface area contributed by atoms with E-state index in [2.05, 4.69) is 15.4 Å². The second-order valence-electron chi connectivity index (χ2n) is 9.19. The van der Waals surface area contributed by atoms with E-state index in [4.69, 9.17) is 39.9 Å². The van der Waals surface area contributed by atoms with Crippen molar-refractivity contribution < 1.29 is 4.79 Å². The maximum atomic E-state index is 13.9. The Balaban J connectivity index is 1.53. The summed E-state index contributed by atoms with van der Waals surface area (Å²) in [6.45, 7) is 0.268. The summed E-state index contributed by atoms with van der Waals surface area (Å²) in [5.41, 5.74) is 3.70. The molecule has 0 aliphatic heterocycles. The van der Waals surface area contributed by atoms with Gasteiger partial charge in [0.25, 0.3) is 5.91 Å². The average Bonchev–Trinajstić information content (AvgIpc) is 3.33. The van der Waals surface area contributed by atoms with Gasteiger partial charge in [0.1, 0.15) is 12.7 Å². The molecule has 0 bridgehead atoms. The van der Waals surface area contributed by atoms with E-state index in [1.807, 2.05) is 42.5 Å². The summed E-state index contributed by atoms with van der Waals surface area (Å²) in [5.74, 6) is -0.277. The molecule has 3 aromatic carbocycles. The largest absolute Gasteiger partial charge is 0.341 e. The van der Waals surface area contributed by atoms with Crippen molar-refractivity contribution in [2.45, 2.75) is 24.9 Å². The lowest BCUT2D eigenvalue weighted by molar-refractivity contribution is 0.0924. The molecule has 1 amide bonds. The van der Waals surface area contributed by atoms with E-state index in [-0.39, 0.29) is 18.1 Å². The van der Waals surface area contributed by atoms with Gasteiger partial charge >= 0.3 is 0 Å². The van der Waals surface area contributed by atoms with Gasteiger partial charge in [0.2, 0.25) is 0 Å². The fourth-order valence-electron chi connectivity index (χ4n) is 4.64. The second-order valence-corrected chi connectivity index (χ2v) is 10.5. The Bertz CT molecular complexity index is 1610. The van der Waals surface area contributed by atoms with Crippen LogP contribution in [0.15, 0.2) is 85.5 Å². The molecule has 190 valence electrons. The average molecular weight is 564 g/mol. The summed E-state index contributed by atoms with van der Waals surface area (Å²) in [6.07, 6.45) is 4.77. The highest BCUT2D eigenvalue weighted by atomic mass is 35.5. The van der Waals surface area contributed by atoms with Gasteiger partial charge < -0.3 is 5.32 Å². The molecule has 7 nitrogen and oxygen atoms in total. The lowest BCUT2D eigenvalue weighted by atomic mass is 10.0. The normalized spacial score (nSPS) is 13.9. The summed E-state index contributed by atoms with van der Waals surface area (Å²) in [6, 6.07) is 22.5. The number of rotatable bonds is 7. The lowest BCUT2D eigenvalue weighted by Crippen LogP contribution is -2.35. The maximum absolute atomic E-state index is 13.9. The van der Waals surface area contributed by atoms with Crippen LogP contribution < -0.4 is 5.32 Å². The fourth-order valence-corrected chi connectivity index (χ4v) is 5.25. The van der Waals surface area contributed by atoms with Crippen LogP contribution in [0.2, 0.25) is 15.1 Å². The molecule has 1 saturated carbocycles. The Morgan fingerprint density at radius 3 is 2.34 bits per heavy atom. The van der Waals surface area contributed by atoms with Crippen molar-refractivity contribution >= 4 is 40.7 Å². The van der Waals surface area contributed by atoms with Gasteiger partial charge in [0, 0.05) is 21.2 Å². The monoisotopic (exact) mass is 562 g/mol. The molecule has 1 fully saturated rings. The maximum Gasteiger partial charge on any atom is 0.272 e. The van der Waals surface area contributed by atoms with Crippen LogP contribution in [0.3, 0.4) is 0 Å². The number of hydrogen-bond acceptors (Lipinski definition) is 4. The minimum Gasteiger partial charge on any atom is -0.341 e. The van der Waals surface area contributed by atoms with Gasteiger partial charge in [-0.3, -0.25) is 4.79 Å². The highest BCUT2D eigenvalue weighted by molar-refractivity contribution is 6.35. The van der Waals surface area contributed by atoms with Gasteiger partial charge in [-0.1, -0.05) is 77.3 Å². The van der Waals surface area contributed by atoms with E-state index in [1.54, 1.807) is 46.0 Å². The molecule has 2 aromatic heterocycles. The fraction of sp³-hybridized carbons (Fsp3) is 0.143. The van der Waals surface area contributed by atoms with Gasteiger partial charge in [-0.2, -0.15) is 10.2 Å². The molecule has 0 spiro atoms. The molecule has 6 rings (SSSR count). The van der Waals surface area contributed by atoms with E-state index >= 15 is 0 Å². The molecular formula is C28H21Cl3N6O. The molecule has 0 unspecified atom stereocenters. The Kier molecular flexibility index (Phi) is 6.43. The third-order valence-electron chi connectivity index (χ3n) is 6.67. The molecular weight excluding hydrogens is 543 g/mol. The Morgan fingerprint density at radius 1 is 0.947 bits per heavy atom. The van der Waals surface area contributed by atoms with E-state index in [0.29, 0.717) is 32.0 Å². The van der Waals surface area contributed by atoms with Crippen LogP contribution in [-0.4, -0.2) is 30.5 Å². The second kappa shape index (κ2) is 9.91. The van der Waals surface area contributed by atoms with E-state index in [9.17, 15) is 4.79 Å². The first-order valence-corrected chi connectivity index (χ1v) is 13.1. The van der Waals surface area contributed by atoms with E-state index in [1.165, 1.54) is 6.33 Å². The standard InChI is InChI=1S/C28H21Cl3N6O/c29-20-8-6-18(7-9-20)26-22(15-36-17-32-16-33-36)25(35-37(26)24-11-10-21(30)14-23(24)31)27(38)34-28(12-13-28)19-4-2-1-3-5-19/h1-11,14,16-17H,12-13,15H2,(H,34,38). The molecule has 2 heterocycles. The zero-order chi connectivity index (χ0) is 26.3. The molecule has 0 radical (unpaired) electrons. The van der Waals surface area contributed by atoms with Crippen molar-refractivity contribution in [3.05, 3.63) is 117 Å². The van der Waals surface area contributed by atoms with Gasteiger partial charge in [-0.25, -0.2) is 14.3 Å². The van der Waals surface area contributed by atoms with Gasteiger partial charge in [-0.05, 0) is 48.7 Å². The zero-order valence-electron chi connectivity index (χ0n) is 20.0. The minimum absolute atomic E-state index is 0.268. The Labute approximate surface area is 234 Å². The number of nitrogens with zero attached hydrogens (tertiary/aromatic N) is 5. The number of halogens is 3. The topological polar surface area (TPSA) is 77.6 Å². The summed E-state index contributed by atoms with van der Waals surface area (Å²) >= 11 is 19.0. The number of benzene rings is 3. The molecule has 0 saturated heterocycles. The smallest absolute Gasteiger partial charge is 0.272 e. The summed E-state index contributed by atoms with van der Waals surface area (Å²) in [7, 11) is 0. The minimum atomic E-state index is -0.412. The van der Waals surface area contributed by atoms with Gasteiger partial charge in [-0.15, -0.1) is 0 Å². The zero-order valence-corrected chi connectivity index (χ0v) is 22.3. The molecule has 1 aliphatic carbocycles. The quantitative estimate of drug-likeness (QED) is 0.243. The van der Waals surface area contributed by atoms with Crippen LogP contribution in [0, 0.1) is 0 Å². The van der Waals surface area contributed by atoms with Crippen molar-refractivity contribution in [2.75, 3.05) is 0 Å². The van der Waals surface area contributed by atoms with Crippen molar-refractivity contribution in [2.24, 2.45) is 0 Å². The van der Waals surface area contributed by atoms with E-state index < -0.39 is 5.54 Å². The molecule has 1 aliphatic rings. The van der Waals surface area contributed by atoms with Crippen LogP contribution in [0.5, 0.6) is 0 Å². The summed E-state index contributed by atoms with van der Waals surface area (Å²) < 4.78 is 3.34. The number of carbonyl (C=O) groups excluding carboxylic acids is 1. The van der Waals surface area contributed by atoms with Crippen LogP contribution in [0.25, 0.3) is 16.9 Å².